The molecule has 5 rings (SSSR count). The number of sulfonamides is 1. The first kappa shape index (κ1) is 26.1. The van der Waals surface area contributed by atoms with Crippen molar-refractivity contribution in [3.63, 3.8) is 0 Å². The molecule has 1 saturated heterocycles. The number of H-pyrrole nitrogens is 1. The van der Waals surface area contributed by atoms with E-state index >= 15 is 0 Å². The molecule has 10 nitrogen and oxygen atoms in total. The van der Waals surface area contributed by atoms with Gasteiger partial charge in [0.1, 0.15) is 5.65 Å². The van der Waals surface area contributed by atoms with E-state index in [-0.39, 0.29) is 23.2 Å². The van der Waals surface area contributed by atoms with E-state index in [9.17, 15) is 12.8 Å². The zero-order chi connectivity index (χ0) is 26.9. The molecule has 0 radical (unpaired) electrons. The molecule has 4 heterocycles. The Kier molecular flexibility index (Phi) is 7.37. The maximum Gasteiger partial charge on any atom is 0.243 e. The predicted molar refractivity (Wildman–Crippen MR) is 142 cm³/mol. The Balaban J connectivity index is 1.31. The summed E-state index contributed by atoms with van der Waals surface area (Å²) in [6.45, 7) is 1.03. The lowest BCUT2D eigenvalue weighted by molar-refractivity contribution is 0.275. The van der Waals surface area contributed by atoms with Gasteiger partial charge in [-0.1, -0.05) is 11.6 Å². The van der Waals surface area contributed by atoms with Crippen LogP contribution in [0.5, 0.6) is 11.5 Å². The van der Waals surface area contributed by atoms with E-state index in [4.69, 9.17) is 21.1 Å². The number of nitrogens with zero attached hydrogens (tertiary/aromatic N) is 4. The number of nitrogens with one attached hydrogen (secondary N) is 2. The van der Waals surface area contributed by atoms with Gasteiger partial charge in [0.2, 0.25) is 10.0 Å². The second kappa shape index (κ2) is 10.7. The maximum atomic E-state index is 14.6. The molecule has 13 heteroatoms. The highest BCUT2D eigenvalue weighted by molar-refractivity contribution is 7.89. The minimum absolute atomic E-state index is 0.0409. The fourth-order valence-corrected chi connectivity index (χ4v) is 6.29. The van der Waals surface area contributed by atoms with Crippen molar-refractivity contribution < 1.29 is 22.3 Å². The lowest BCUT2D eigenvalue weighted by Gasteiger charge is -2.32. The standard InChI is InChI=1S/C25H26ClFN6O4S/c1-36-21-6-5-17(9-22(21)37-2)38(34,35)33-7-3-4-15(14-33)10-28-25-20(27)13-31-24(32-25)19-12-30-23-18(19)8-16(26)11-29-23/h5-6,8-9,11-13,15H,3-4,7,10,14H2,1-2H3,(H,29,30)(H,28,31,32)/t15-/m1/s1. The van der Waals surface area contributed by atoms with Gasteiger partial charge in [-0.25, -0.2) is 27.8 Å². The number of hydrogen-bond acceptors (Lipinski definition) is 8. The fraction of sp³-hybridized carbons (Fsp3) is 0.320. The zero-order valence-electron chi connectivity index (χ0n) is 20.7. The smallest absolute Gasteiger partial charge is 0.243 e. The predicted octanol–water partition coefficient (Wildman–Crippen LogP) is 4.34. The number of fused-ring (bicyclic) bond motifs is 1. The Morgan fingerprint density at radius 2 is 2.00 bits per heavy atom. The number of ether oxygens (including phenoxy) is 2. The van der Waals surface area contributed by atoms with Gasteiger partial charge in [0.15, 0.2) is 29.0 Å². The number of aromatic amines is 1. The van der Waals surface area contributed by atoms with Crippen LogP contribution in [-0.4, -0.2) is 66.5 Å². The highest BCUT2D eigenvalue weighted by atomic mass is 35.5. The highest BCUT2D eigenvalue weighted by Gasteiger charge is 2.31. The van der Waals surface area contributed by atoms with E-state index in [0.717, 1.165) is 18.0 Å². The molecule has 1 fully saturated rings. The van der Waals surface area contributed by atoms with Crippen LogP contribution in [0.3, 0.4) is 0 Å². The Hall–Kier alpha value is -3.48. The number of anilines is 1. The average Bonchev–Trinajstić information content (AvgIpc) is 3.35. The maximum absolute atomic E-state index is 14.6. The Morgan fingerprint density at radius 3 is 2.79 bits per heavy atom. The van der Waals surface area contributed by atoms with Crippen molar-refractivity contribution in [2.45, 2.75) is 17.7 Å². The third-order valence-corrected chi connectivity index (χ3v) is 8.58. The molecule has 3 aromatic heterocycles. The molecular weight excluding hydrogens is 535 g/mol. The van der Waals surface area contributed by atoms with Crippen molar-refractivity contribution in [3.8, 4) is 22.9 Å². The van der Waals surface area contributed by atoms with E-state index in [1.807, 2.05) is 0 Å². The van der Waals surface area contributed by atoms with Gasteiger partial charge in [0.25, 0.3) is 0 Å². The van der Waals surface area contributed by atoms with Crippen LogP contribution in [0.2, 0.25) is 5.02 Å². The number of methoxy groups -OCH3 is 2. The van der Waals surface area contributed by atoms with Crippen molar-refractivity contribution in [2.75, 3.05) is 39.2 Å². The van der Waals surface area contributed by atoms with Gasteiger partial charge >= 0.3 is 0 Å². The van der Waals surface area contributed by atoms with E-state index < -0.39 is 15.8 Å². The first-order valence-electron chi connectivity index (χ1n) is 11.9. The van der Waals surface area contributed by atoms with Crippen molar-refractivity contribution >= 4 is 38.5 Å². The van der Waals surface area contributed by atoms with Crippen LogP contribution in [0, 0.1) is 11.7 Å². The van der Waals surface area contributed by atoms with E-state index in [2.05, 4.69) is 25.3 Å². The summed E-state index contributed by atoms with van der Waals surface area (Å²) in [7, 11) is -0.806. The fourth-order valence-electron chi connectivity index (χ4n) is 4.56. The molecule has 0 spiro atoms. The Labute approximate surface area is 224 Å². The molecule has 0 aliphatic carbocycles. The van der Waals surface area contributed by atoms with Crippen LogP contribution in [0.25, 0.3) is 22.4 Å². The molecule has 1 aromatic carbocycles. The van der Waals surface area contributed by atoms with Crippen LogP contribution in [0.4, 0.5) is 10.2 Å². The second-order valence-corrected chi connectivity index (χ2v) is 11.3. The molecule has 0 amide bonds. The van der Waals surface area contributed by atoms with Gasteiger partial charge in [-0.3, -0.25) is 0 Å². The topological polar surface area (TPSA) is 122 Å². The first-order valence-corrected chi connectivity index (χ1v) is 13.7. The van der Waals surface area contributed by atoms with Gasteiger partial charge in [0.05, 0.1) is 30.3 Å². The van der Waals surface area contributed by atoms with Gasteiger partial charge < -0.3 is 19.8 Å². The summed E-state index contributed by atoms with van der Waals surface area (Å²) >= 11 is 6.09. The number of benzene rings is 1. The lowest BCUT2D eigenvalue weighted by atomic mass is 10.00. The molecule has 1 aliphatic heterocycles. The largest absolute Gasteiger partial charge is 0.493 e. The Bertz CT molecular complexity index is 1580. The van der Waals surface area contributed by atoms with Crippen LogP contribution < -0.4 is 14.8 Å². The molecule has 0 saturated carbocycles. The SMILES string of the molecule is COc1ccc(S(=O)(=O)N2CCC[C@H](CNc3nc(-c4c[nH]c5ncc(Cl)cc45)ncc3F)C2)cc1OC. The van der Waals surface area contributed by atoms with E-state index in [1.54, 1.807) is 18.3 Å². The van der Waals surface area contributed by atoms with Crippen LogP contribution in [0.15, 0.2) is 47.8 Å². The third kappa shape index (κ3) is 5.11. The molecule has 1 atom stereocenters. The summed E-state index contributed by atoms with van der Waals surface area (Å²) in [4.78, 5) is 15.9. The lowest BCUT2D eigenvalue weighted by Crippen LogP contribution is -2.41. The number of hydrogen-bond donors (Lipinski definition) is 2. The number of rotatable bonds is 8. The van der Waals surface area contributed by atoms with Gasteiger partial charge in [-0.2, -0.15) is 4.31 Å². The van der Waals surface area contributed by atoms with Gasteiger partial charge in [-0.05, 0) is 37.0 Å². The van der Waals surface area contributed by atoms with Crippen molar-refractivity contribution in [1.29, 1.82) is 0 Å². The van der Waals surface area contributed by atoms with Crippen molar-refractivity contribution in [3.05, 3.63) is 53.7 Å². The van der Waals surface area contributed by atoms with Crippen LogP contribution in [-0.2, 0) is 10.0 Å². The molecule has 2 N–H and O–H groups in total. The molecule has 4 aromatic rings. The second-order valence-electron chi connectivity index (χ2n) is 8.91. The monoisotopic (exact) mass is 560 g/mol. The highest BCUT2D eigenvalue weighted by Crippen LogP contribution is 2.32. The van der Waals surface area contributed by atoms with Crippen molar-refractivity contribution in [1.82, 2.24) is 24.2 Å². The summed E-state index contributed by atoms with van der Waals surface area (Å²) in [5.41, 5.74) is 1.26. The third-order valence-electron chi connectivity index (χ3n) is 6.52. The number of aromatic nitrogens is 4. The number of pyridine rings is 1. The molecule has 200 valence electrons. The Morgan fingerprint density at radius 1 is 1.18 bits per heavy atom. The quantitative estimate of drug-likeness (QED) is 0.326. The summed E-state index contributed by atoms with van der Waals surface area (Å²) < 4.78 is 53.2. The minimum Gasteiger partial charge on any atom is -0.493 e. The normalized spacial score (nSPS) is 16.5. The minimum atomic E-state index is -3.75. The molecule has 0 bridgehead atoms. The summed E-state index contributed by atoms with van der Waals surface area (Å²) in [5, 5.41) is 4.24. The van der Waals surface area contributed by atoms with Gasteiger partial charge in [-0.15, -0.1) is 0 Å². The average molecular weight is 561 g/mol. The molecule has 0 unspecified atom stereocenters. The molecule has 38 heavy (non-hydrogen) atoms. The van der Waals surface area contributed by atoms with Crippen molar-refractivity contribution in [2.24, 2.45) is 5.92 Å². The zero-order valence-corrected chi connectivity index (χ0v) is 22.3. The van der Waals surface area contributed by atoms with Crippen LogP contribution >= 0.6 is 11.6 Å². The molecular formula is C25H26ClFN6O4S. The van der Waals surface area contributed by atoms with Gasteiger partial charge in [0, 0.05) is 49.0 Å². The van der Waals surface area contributed by atoms with E-state index in [0.29, 0.717) is 53.1 Å². The number of halogens is 2. The molecule has 1 aliphatic rings. The van der Waals surface area contributed by atoms with E-state index in [1.165, 1.54) is 36.9 Å². The van der Waals surface area contributed by atoms with Crippen LogP contribution in [0.1, 0.15) is 12.8 Å². The summed E-state index contributed by atoms with van der Waals surface area (Å²) in [6.07, 6.45) is 5.80. The summed E-state index contributed by atoms with van der Waals surface area (Å²) in [5.74, 6) is 0.491. The first-order chi connectivity index (χ1) is 18.3. The number of piperidine rings is 1. The summed E-state index contributed by atoms with van der Waals surface area (Å²) in [6, 6.07) is 6.28.